The van der Waals surface area contributed by atoms with Gasteiger partial charge >= 0.3 is 0 Å². The molecule has 2 aromatic heterocycles. The first-order valence-corrected chi connectivity index (χ1v) is 9.28. The summed E-state index contributed by atoms with van der Waals surface area (Å²) < 4.78 is 8.59. The topological polar surface area (TPSA) is 40.8 Å². The van der Waals surface area contributed by atoms with Crippen molar-refractivity contribution in [2.24, 2.45) is 7.05 Å². The first-order valence-electron chi connectivity index (χ1n) is 9.28. The second kappa shape index (κ2) is 6.25. The molecule has 3 heteroatoms. The second-order valence-corrected chi connectivity index (χ2v) is 7.54. The van der Waals surface area contributed by atoms with Gasteiger partial charge in [-0.2, -0.15) is 5.26 Å². The fraction of sp³-hybridized carbons (Fsp3) is 0.250. The van der Waals surface area contributed by atoms with Crippen molar-refractivity contribution in [1.29, 1.82) is 5.26 Å². The molecule has 3 nitrogen and oxygen atoms in total. The number of nitrogens with zero attached hydrogens (tertiary/aromatic N) is 2. The summed E-state index contributed by atoms with van der Waals surface area (Å²) in [5.74, 6) is 0.304. The molecule has 0 N–H and O–H groups in total. The Hall–Kier alpha value is -3.12. The molecule has 27 heavy (non-hydrogen) atoms. The Morgan fingerprint density at radius 1 is 1.07 bits per heavy atom. The van der Waals surface area contributed by atoms with Crippen LogP contribution in [0.1, 0.15) is 42.0 Å². The number of nitriles is 1. The van der Waals surface area contributed by atoms with E-state index in [-0.39, 0.29) is 0 Å². The molecule has 0 radical (unpaired) electrons. The van der Waals surface area contributed by atoms with Gasteiger partial charge in [0, 0.05) is 28.5 Å². The van der Waals surface area contributed by atoms with Crippen molar-refractivity contribution in [3.8, 4) is 17.3 Å². The van der Waals surface area contributed by atoms with Gasteiger partial charge in [-0.05, 0) is 43.0 Å². The van der Waals surface area contributed by atoms with Crippen LogP contribution in [-0.2, 0) is 7.05 Å². The monoisotopic (exact) mass is 355 g/mol. The Morgan fingerprint density at radius 2 is 1.85 bits per heavy atom. The number of rotatable bonds is 2. The van der Waals surface area contributed by atoms with Gasteiger partial charge in [0.05, 0.1) is 17.2 Å². The molecule has 0 atom stereocenters. The van der Waals surface area contributed by atoms with E-state index in [0.717, 1.165) is 44.3 Å². The molecule has 0 spiro atoms. The van der Waals surface area contributed by atoms with Gasteiger partial charge in [-0.1, -0.05) is 26.0 Å². The van der Waals surface area contributed by atoms with Crippen LogP contribution in [0.2, 0.25) is 0 Å². The van der Waals surface area contributed by atoms with E-state index in [1.165, 1.54) is 5.56 Å². The zero-order chi connectivity index (χ0) is 19.3. The maximum atomic E-state index is 9.58. The second-order valence-electron chi connectivity index (χ2n) is 7.54. The van der Waals surface area contributed by atoms with Gasteiger partial charge in [0.2, 0.25) is 5.69 Å². The van der Waals surface area contributed by atoms with Gasteiger partial charge in [-0.25, -0.2) is 4.57 Å². The molecule has 134 valence electrons. The Balaban J connectivity index is 2.23. The van der Waals surface area contributed by atoms with Crippen LogP contribution in [0.25, 0.3) is 33.2 Å². The standard InChI is InChI=1S/C24H23N2O/c1-14(2)19-12-17(13-25)16(4)23-22(19)18-10-9-15(3)21(24(18)27-23)20-8-6-7-11-26(20)5/h6-12,14H,1-5H3/q+1. The van der Waals surface area contributed by atoms with Crippen molar-refractivity contribution in [3.05, 3.63) is 64.8 Å². The summed E-state index contributed by atoms with van der Waals surface area (Å²) in [5, 5.41) is 11.8. The van der Waals surface area contributed by atoms with Gasteiger partial charge in [-0.15, -0.1) is 0 Å². The van der Waals surface area contributed by atoms with Gasteiger partial charge in [-0.3, -0.25) is 0 Å². The van der Waals surface area contributed by atoms with E-state index < -0.39 is 0 Å². The zero-order valence-electron chi connectivity index (χ0n) is 16.4. The average Bonchev–Trinajstić information content (AvgIpc) is 3.03. The fourth-order valence-electron chi connectivity index (χ4n) is 3.94. The van der Waals surface area contributed by atoms with Gasteiger partial charge in [0.25, 0.3) is 0 Å². The molecule has 2 aromatic carbocycles. The lowest BCUT2D eigenvalue weighted by atomic mass is 9.91. The normalized spacial score (nSPS) is 11.4. The average molecular weight is 355 g/mol. The number of pyridine rings is 1. The van der Waals surface area contributed by atoms with Crippen LogP contribution >= 0.6 is 0 Å². The summed E-state index contributed by atoms with van der Waals surface area (Å²) in [6.07, 6.45) is 2.05. The van der Waals surface area contributed by atoms with E-state index in [4.69, 9.17) is 4.42 Å². The lowest BCUT2D eigenvalue weighted by Crippen LogP contribution is -2.30. The minimum atomic E-state index is 0.304. The van der Waals surface area contributed by atoms with E-state index in [1.54, 1.807) is 0 Å². The predicted octanol–water partition coefficient (Wildman–Crippen LogP) is 5.69. The molecule has 0 unspecified atom stereocenters. The van der Waals surface area contributed by atoms with Crippen molar-refractivity contribution in [2.75, 3.05) is 0 Å². The third-order valence-corrected chi connectivity index (χ3v) is 5.45. The number of hydrogen-bond acceptors (Lipinski definition) is 2. The van der Waals surface area contributed by atoms with Crippen molar-refractivity contribution >= 4 is 21.9 Å². The minimum absolute atomic E-state index is 0.304. The number of hydrogen-bond donors (Lipinski definition) is 0. The number of aryl methyl sites for hydroxylation is 3. The van der Waals surface area contributed by atoms with Crippen LogP contribution in [0.3, 0.4) is 0 Å². The van der Waals surface area contributed by atoms with Crippen LogP contribution in [0.5, 0.6) is 0 Å². The van der Waals surface area contributed by atoms with Crippen molar-refractivity contribution in [2.45, 2.75) is 33.6 Å². The summed E-state index contributed by atoms with van der Waals surface area (Å²) in [6, 6.07) is 14.9. The minimum Gasteiger partial charge on any atom is -0.455 e. The highest BCUT2D eigenvalue weighted by molar-refractivity contribution is 6.12. The molecular formula is C24H23N2O+. The molecule has 0 aliphatic carbocycles. The van der Waals surface area contributed by atoms with E-state index in [0.29, 0.717) is 11.5 Å². The predicted molar refractivity (Wildman–Crippen MR) is 109 cm³/mol. The van der Waals surface area contributed by atoms with Crippen molar-refractivity contribution < 1.29 is 8.98 Å². The van der Waals surface area contributed by atoms with Crippen molar-refractivity contribution in [1.82, 2.24) is 0 Å². The highest BCUT2D eigenvalue weighted by atomic mass is 16.3. The van der Waals surface area contributed by atoms with Crippen LogP contribution < -0.4 is 4.57 Å². The largest absolute Gasteiger partial charge is 0.455 e. The first kappa shape index (κ1) is 17.3. The van der Waals surface area contributed by atoms with Crippen LogP contribution in [0, 0.1) is 25.2 Å². The first-order chi connectivity index (χ1) is 12.9. The van der Waals surface area contributed by atoms with Gasteiger partial charge in [0.1, 0.15) is 18.2 Å². The lowest BCUT2D eigenvalue weighted by Gasteiger charge is -2.10. The van der Waals surface area contributed by atoms with Gasteiger partial charge in [0.15, 0.2) is 6.20 Å². The SMILES string of the molecule is Cc1ccc2c(oc3c(C)c(C#N)cc(C(C)C)c32)c1-c1cccc[n+]1C. The molecule has 0 aliphatic heterocycles. The number of furan rings is 1. The molecule has 2 heterocycles. The van der Waals surface area contributed by atoms with E-state index >= 15 is 0 Å². The quantitative estimate of drug-likeness (QED) is 0.433. The maximum absolute atomic E-state index is 9.58. The van der Waals surface area contributed by atoms with Crippen molar-refractivity contribution in [3.63, 3.8) is 0 Å². The smallest absolute Gasteiger partial charge is 0.216 e. The highest BCUT2D eigenvalue weighted by Gasteiger charge is 2.23. The van der Waals surface area contributed by atoms with E-state index in [1.807, 2.05) is 19.1 Å². The summed E-state index contributed by atoms with van der Waals surface area (Å²) in [4.78, 5) is 0. The molecule has 0 amide bonds. The molecule has 4 aromatic rings. The number of aromatic nitrogens is 1. The van der Waals surface area contributed by atoms with Crippen LogP contribution in [-0.4, -0.2) is 0 Å². The molecule has 0 saturated carbocycles. The van der Waals surface area contributed by atoms with E-state index in [9.17, 15) is 5.26 Å². The third kappa shape index (κ3) is 2.52. The Morgan fingerprint density at radius 3 is 2.52 bits per heavy atom. The number of fused-ring (bicyclic) bond motifs is 3. The molecular weight excluding hydrogens is 332 g/mol. The Labute approximate surface area is 159 Å². The van der Waals surface area contributed by atoms with E-state index in [2.05, 4.69) is 68.9 Å². The summed E-state index contributed by atoms with van der Waals surface area (Å²) in [7, 11) is 2.05. The summed E-state index contributed by atoms with van der Waals surface area (Å²) in [6.45, 7) is 8.42. The molecule has 4 rings (SSSR count). The highest BCUT2D eigenvalue weighted by Crippen LogP contribution is 2.41. The Kier molecular flexibility index (Phi) is 4.00. The summed E-state index contributed by atoms with van der Waals surface area (Å²) in [5.41, 5.74) is 7.89. The lowest BCUT2D eigenvalue weighted by molar-refractivity contribution is -0.660. The molecule has 0 aliphatic rings. The zero-order valence-corrected chi connectivity index (χ0v) is 16.4. The molecule has 0 saturated heterocycles. The number of benzene rings is 2. The fourth-order valence-corrected chi connectivity index (χ4v) is 3.94. The Bertz CT molecular complexity index is 1240. The molecule has 0 bridgehead atoms. The third-order valence-electron chi connectivity index (χ3n) is 5.45. The summed E-state index contributed by atoms with van der Waals surface area (Å²) >= 11 is 0. The maximum Gasteiger partial charge on any atom is 0.216 e. The van der Waals surface area contributed by atoms with Gasteiger partial charge < -0.3 is 4.42 Å². The molecule has 0 fully saturated rings. The van der Waals surface area contributed by atoms with Crippen LogP contribution in [0.15, 0.2) is 47.0 Å². The van der Waals surface area contributed by atoms with Crippen LogP contribution in [0.4, 0.5) is 0 Å².